The van der Waals surface area contributed by atoms with Gasteiger partial charge in [0.2, 0.25) is 11.8 Å². The molecule has 1 heterocycles. The van der Waals surface area contributed by atoms with Crippen molar-refractivity contribution in [1.29, 1.82) is 0 Å². The van der Waals surface area contributed by atoms with Gasteiger partial charge in [-0.25, -0.2) is 4.79 Å². The normalized spacial score (nSPS) is 21.3. The maximum absolute atomic E-state index is 12.6. The van der Waals surface area contributed by atoms with E-state index in [1.54, 1.807) is 0 Å². The average molecular weight is 433 g/mol. The molecule has 0 radical (unpaired) electrons. The molecule has 0 aromatic heterocycles. The van der Waals surface area contributed by atoms with Gasteiger partial charge in [-0.1, -0.05) is 12.8 Å². The number of hydrogen-bond acceptors (Lipinski definition) is 8. The first kappa shape index (κ1) is 22.2. The Kier molecular flexibility index (Phi) is 6.52. The van der Waals surface area contributed by atoms with Crippen molar-refractivity contribution >= 4 is 35.1 Å². The SMILES string of the molecule is COc1cc([N+](=O)[O-])ccc1NC(=O)COC(=O)C(C)N1C(=O)C2CCCCC2C1=O. The number of nitro groups is 1. The summed E-state index contributed by atoms with van der Waals surface area (Å²) in [5.74, 6) is -2.99. The molecule has 2 fully saturated rings. The lowest BCUT2D eigenvalue weighted by atomic mass is 9.81. The molecule has 11 heteroatoms. The lowest BCUT2D eigenvalue weighted by Gasteiger charge is -2.21. The number of amides is 3. The topological polar surface area (TPSA) is 145 Å². The molecule has 1 aromatic rings. The fourth-order valence-electron chi connectivity index (χ4n) is 4.02. The molecule has 3 amide bonds. The number of carbonyl (C=O) groups is 4. The van der Waals surface area contributed by atoms with Crippen LogP contribution in [0.2, 0.25) is 0 Å². The van der Waals surface area contributed by atoms with Crippen molar-refractivity contribution < 1.29 is 33.6 Å². The van der Waals surface area contributed by atoms with Crippen molar-refractivity contribution in [2.45, 2.75) is 38.6 Å². The number of ether oxygens (including phenoxy) is 2. The lowest BCUT2D eigenvalue weighted by Crippen LogP contribution is -2.45. The van der Waals surface area contributed by atoms with Crippen LogP contribution in [-0.4, -0.2) is 53.3 Å². The highest BCUT2D eigenvalue weighted by molar-refractivity contribution is 6.08. The summed E-state index contributed by atoms with van der Waals surface area (Å²) >= 11 is 0. The summed E-state index contributed by atoms with van der Waals surface area (Å²) < 4.78 is 10.0. The fraction of sp³-hybridized carbons (Fsp3) is 0.500. The van der Waals surface area contributed by atoms with Gasteiger partial charge in [0.25, 0.3) is 11.6 Å². The number of carbonyl (C=O) groups excluding carboxylic acids is 4. The van der Waals surface area contributed by atoms with Crippen molar-refractivity contribution in [2.75, 3.05) is 19.0 Å². The van der Waals surface area contributed by atoms with Gasteiger partial charge in [0.05, 0.1) is 35.6 Å². The zero-order valence-corrected chi connectivity index (χ0v) is 17.2. The monoisotopic (exact) mass is 433 g/mol. The van der Waals surface area contributed by atoms with Crippen LogP contribution in [0.25, 0.3) is 0 Å². The Hall–Kier alpha value is -3.50. The number of non-ortho nitro benzene ring substituents is 1. The zero-order chi connectivity index (χ0) is 22.7. The molecular formula is C20H23N3O8. The number of methoxy groups -OCH3 is 1. The second kappa shape index (κ2) is 9.11. The van der Waals surface area contributed by atoms with E-state index in [-0.39, 0.29) is 40.8 Å². The third kappa shape index (κ3) is 4.49. The van der Waals surface area contributed by atoms with Crippen molar-refractivity contribution in [1.82, 2.24) is 4.90 Å². The van der Waals surface area contributed by atoms with E-state index in [1.165, 1.54) is 26.2 Å². The second-order valence-electron chi connectivity index (χ2n) is 7.52. The molecule has 0 spiro atoms. The third-order valence-electron chi connectivity index (χ3n) is 5.62. The molecule has 3 rings (SSSR count). The van der Waals surface area contributed by atoms with Crippen LogP contribution in [0.4, 0.5) is 11.4 Å². The summed E-state index contributed by atoms with van der Waals surface area (Å²) in [6.07, 6.45) is 3.01. The smallest absolute Gasteiger partial charge is 0.329 e. The quantitative estimate of drug-likeness (QED) is 0.296. The third-order valence-corrected chi connectivity index (χ3v) is 5.62. The van der Waals surface area contributed by atoms with Gasteiger partial charge in [0.15, 0.2) is 6.61 Å². The molecule has 2 aliphatic rings. The largest absolute Gasteiger partial charge is 0.494 e. The number of nitro benzene ring substituents is 1. The molecule has 0 bridgehead atoms. The minimum absolute atomic E-state index is 0.0677. The van der Waals surface area contributed by atoms with Crippen LogP contribution < -0.4 is 10.1 Å². The molecule has 1 saturated carbocycles. The predicted octanol–water partition coefficient (Wildman–Crippen LogP) is 1.65. The first-order valence-electron chi connectivity index (χ1n) is 9.90. The van der Waals surface area contributed by atoms with Gasteiger partial charge in [0.1, 0.15) is 11.8 Å². The number of hydrogen-bond donors (Lipinski definition) is 1. The van der Waals surface area contributed by atoms with Crippen molar-refractivity contribution in [2.24, 2.45) is 11.8 Å². The zero-order valence-electron chi connectivity index (χ0n) is 17.2. The van der Waals surface area contributed by atoms with E-state index in [1.807, 2.05) is 0 Å². The Morgan fingerprint density at radius 2 is 1.84 bits per heavy atom. The van der Waals surface area contributed by atoms with Gasteiger partial charge in [-0.05, 0) is 25.8 Å². The van der Waals surface area contributed by atoms with Gasteiger partial charge in [-0.2, -0.15) is 0 Å². The van der Waals surface area contributed by atoms with Crippen molar-refractivity contribution in [3.63, 3.8) is 0 Å². The average Bonchev–Trinajstić information content (AvgIpc) is 3.02. The highest BCUT2D eigenvalue weighted by atomic mass is 16.6. The molecule has 1 N–H and O–H groups in total. The summed E-state index contributed by atoms with van der Waals surface area (Å²) in [5, 5.41) is 13.3. The molecule has 31 heavy (non-hydrogen) atoms. The van der Waals surface area contributed by atoms with Crippen LogP contribution in [0.1, 0.15) is 32.6 Å². The standard InChI is InChI=1S/C20H23N3O8/c1-11(22-18(25)13-5-3-4-6-14(13)19(22)26)20(27)31-10-17(24)21-15-8-7-12(23(28)29)9-16(15)30-2/h7-9,11,13-14H,3-6,10H2,1-2H3,(H,21,24). The first-order chi connectivity index (χ1) is 14.7. The van der Waals surface area contributed by atoms with E-state index in [0.717, 1.165) is 23.8 Å². The minimum Gasteiger partial charge on any atom is -0.494 e. The van der Waals surface area contributed by atoms with Crippen LogP contribution in [0.5, 0.6) is 5.75 Å². The van der Waals surface area contributed by atoms with Gasteiger partial charge < -0.3 is 14.8 Å². The molecule has 1 saturated heterocycles. The lowest BCUT2D eigenvalue weighted by molar-refractivity contribution is -0.384. The molecule has 1 aliphatic heterocycles. The fourth-order valence-corrected chi connectivity index (χ4v) is 4.02. The number of rotatable bonds is 7. The van der Waals surface area contributed by atoms with Gasteiger partial charge in [-0.3, -0.25) is 29.4 Å². The van der Waals surface area contributed by atoms with Crippen LogP contribution in [0, 0.1) is 22.0 Å². The number of likely N-dealkylation sites (tertiary alicyclic amines) is 1. The van der Waals surface area contributed by atoms with Crippen LogP contribution in [-0.2, 0) is 23.9 Å². The van der Waals surface area contributed by atoms with Crippen molar-refractivity contribution in [3.8, 4) is 5.75 Å². The Bertz CT molecular complexity index is 907. The number of anilines is 1. The van der Waals surface area contributed by atoms with Gasteiger partial charge in [0, 0.05) is 6.07 Å². The summed E-state index contributed by atoms with van der Waals surface area (Å²) in [6.45, 7) is 0.735. The number of fused-ring (bicyclic) bond motifs is 1. The molecule has 3 atom stereocenters. The van der Waals surface area contributed by atoms with Gasteiger partial charge in [-0.15, -0.1) is 0 Å². The number of nitrogens with one attached hydrogen (secondary N) is 1. The summed E-state index contributed by atoms with van der Waals surface area (Å²) in [7, 11) is 1.29. The molecule has 166 valence electrons. The minimum atomic E-state index is -1.13. The van der Waals surface area contributed by atoms with Gasteiger partial charge >= 0.3 is 5.97 Å². The highest BCUT2D eigenvalue weighted by Gasteiger charge is 2.51. The van der Waals surface area contributed by atoms with E-state index < -0.39 is 29.4 Å². The number of esters is 1. The van der Waals surface area contributed by atoms with E-state index >= 15 is 0 Å². The molecule has 1 aliphatic carbocycles. The number of nitrogens with zero attached hydrogens (tertiary/aromatic N) is 2. The molecule has 11 nitrogen and oxygen atoms in total. The van der Waals surface area contributed by atoms with Crippen LogP contribution in [0.15, 0.2) is 18.2 Å². The second-order valence-corrected chi connectivity index (χ2v) is 7.52. The first-order valence-corrected chi connectivity index (χ1v) is 9.90. The maximum atomic E-state index is 12.6. The van der Waals surface area contributed by atoms with E-state index in [2.05, 4.69) is 5.32 Å². The Morgan fingerprint density at radius 1 is 1.23 bits per heavy atom. The summed E-state index contributed by atoms with van der Waals surface area (Å²) in [5.41, 5.74) is -0.0493. The van der Waals surface area contributed by atoms with Crippen LogP contribution in [0.3, 0.4) is 0 Å². The Balaban J connectivity index is 1.58. The molecule has 3 unspecified atom stereocenters. The van der Waals surface area contributed by atoms with E-state index in [4.69, 9.17) is 9.47 Å². The number of benzene rings is 1. The Morgan fingerprint density at radius 3 is 2.39 bits per heavy atom. The maximum Gasteiger partial charge on any atom is 0.329 e. The predicted molar refractivity (Wildman–Crippen MR) is 106 cm³/mol. The van der Waals surface area contributed by atoms with E-state index in [9.17, 15) is 29.3 Å². The number of imide groups is 1. The Labute approximate surface area is 177 Å². The molecule has 1 aromatic carbocycles. The molecular weight excluding hydrogens is 410 g/mol. The highest BCUT2D eigenvalue weighted by Crippen LogP contribution is 2.39. The summed E-state index contributed by atoms with van der Waals surface area (Å²) in [4.78, 5) is 60.9. The van der Waals surface area contributed by atoms with Crippen LogP contribution >= 0.6 is 0 Å². The summed E-state index contributed by atoms with van der Waals surface area (Å²) in [6, 6.07) is 2.50. The van der Waals surface area contributed by atoms with Crippen molar-refractivity contribution in [3.05, 3.63) is 28.3 Å². The van der Waals surface area contributed by atoms with E-state index in [0.29, 0.717) is 12.8 Å².